The summed E-state index contributed by atoms with van der Waals surface area (Å²) < 4.78 is 13.6. The topological polar surface area (TPSA) is 66.9 Å². The van der Waals surface area contributed by atoms with Crippen LogP contribution in [0.15, 0.2) is 54.9 Å². The fourth-order valence-corrected chi connectivity index (χ4v) is 3.07. The SMILES string of the molecule is Cc1cccc(C(C)C)c1NC(=O)c1cnc(NCCc2ccccc2F)nc1. The van der Waals surface area contributed by atoms with E-state index in [1.165, 1.54) is 18.5 Å². The predicted octanol–water partition coefficient (Wildman–Crippen LogP) is 4.95. The lowest BCUT2D eigenvalue weighted by atomic mass is 9.98. The van der Waals surface area contributed by atoms with Gasteiger partial charge in [-0.2, -0.15) is 0 Å². The van der Waals surface area contributed by atoms with E-state index < -0.39 is 0 Å². The van der Waals surface area contributed by atoms with Crippen molar-refractivity contribution in [2.75, 3.05) is 17.2 Å². The van der Waals surface area contributed by atoms with Gasteiger partial charge in [-0.25, -0.2) is 14.4 Å². The number of carbonyl (C=O) groups is 1. The van der Waals surface area contributed by atoms with Crippen LogP contribution in [0, 0.1) is 12.7 Å². The highest BCUT2D eigenvalue weighted by atomic mass is 19.1. The number of anilines is 2. The Balaban J connectivity index is 1.62. The van der Waals surface area contributed by atoms with Gasteiger partial charge in [0.05, 0.1) is 5.56 Å². The number of nitrogens with one attached hydrogen (secondary N) is 2. The van der Waals surface area contributed by atoms with Crippen LogP contribution in [0.1, 0.15) is 46.8 Å². The third-order valence-corrected chi connectivity index (χ3v) is 4.71. The van der Waals surface area contributed by atoms with Gasteiger partial charge in [0.15, 0.2) is 0 Å². The molecule has 3 rings (SSSR count). The van der Waals surface area contributed by atoms with Crippen LogP contribution < -0.4 is 10.6 Å². The van der Waals surface area contributed by atoms with Crippen molar-refractivity contribution in [2.45, 2.75) is 33.1 Å². The quantitative estimate of drug-likeness (QED) is 0.597. The fraction of sp³-hybridized carbons (Fsp3) is 0.261. The van der Waals surface area contributed by atoms with E-state index in [1.54, 1.807) is 12.1 Å². The molecule has 0 atom stereocenters. The molecular weight excluding hydrogens is 367 g/mol. The van der Waals surface area contributed by atoms with Gasteiger partial charge < -0.3 is 10.6 Å². The van der Waals surface area contributed by atoms with E-state index in [0.717, 1.165) is 16.8 Å². The van der Waals surface area contributed by atoms with Gasteiger partial charge in [-0.05, 0) is 42.0 Å². The number of halogens is 1. The monoisotopic (exact) mass is 392 g/mol. The highest BCUT2D eigenvalue weighted by Crippen LogP contribution is 2.27. The average Bonchev–Trinajstić information content (AvgIpc) is 2.71. The van der Waals surface area contributed by atoms with Gasteiger partial charge >= 0.3 is 0 Å². The minimum atomic E-state index is -0.251. The second-order valence-electron chi connectivity index (χ2n) is 7.21. The number of amides is 1. The molecule has 6 heteroatoms. The minimum absolute atomic E-state index is 0.223. The van der Waals surface area contributed by atoms with Crippen molar-refractivity contribution in [1.29, 1.82) is 0 Å². The van der Waals surface area contributed by atoms with Gasteiger partial charge in [0.1, 0.15) is 5.82 Å². The summed E-state index contributed by atoms with van der Waals surface area (Å²) in [5.74, 6) is 0.220. The third-order valence-electron chi connectivity index (χ3n) is 4.71. The van der Waals surface area contributed by atoms with Crippen molar-refractivity contribution in [1.82, 2.24) is 9.97 Å². The highest BCUT2D eigenvalue weighted by Gasteiger charge is 2.14. The Morgan fingerprint density at radius 1 is 1.07 bits per heavy atom. The maximum Gasteiger partial charge on any atom is 0.258 e. The first kappa shape index (κ1) is 20.5. The fourth-order valence-electron chi connectivity index (χ4n) is 3.07. The molecule has 0 spiro atoms. The van der Waals surface area contributed by atoms with Gasteiger partial charge in [-0.15, -0.1) is 0 Å². The number of hydrogen-bond donors (Lipinski definition) is 2. The number of para-hydroxylation sites is 1. The Kier molecular flexibility index (Phi) is 6.54. The van der Waals surface area contributed by atoms with Crippen LogP contribution in [-0.2, 0) is 6.42 Å². The van der Waals surface area contributed by atoms with Crippen LogP contribution in [0.5, 0.6) is 0 Å². The molecule has 0 fully saturated rings. The van der Waals surface area contributed by atoms with Crippen LogP contribution >= 0.6 is 0 Å². The molecule has 5 nitrogen and oxygen atoms in total. The largest absolute Gasteiger partial charge is 0.354 e. The van der Waals surface area contributed by atoms with Crippen molar-refractivity contribution in [3.05, 3.63) is 82.9 Å². The van der Waals surface area contributed by atoms with Crippen LogP contribution in [0.4, 0.5) is 16.0 Å². The molecule has 1 heterocycles. The maximum absolute atomic E-state index is 13.6. The molecule has 150 valence electrons. The zero-order chi connectivity index (χ0) is 20.8. The number of carbonyl (C=O) groups excluding carboxylic acids is 1. The van der Waals surface area contributed by atoms with Crippen molar-refractivity contribution in [3.63, 3.8) is 0 Å². The lowest BCUT2D eigenvalue weighted by Crippen LogP contribution is -2.16. The zero-order valence-electron chi connectivity index (χ0n) is 16.9. The van der Waals surface area contributed by atoms with Gasteiger partial charge in [0, 0.05) is 24.6 Å². The third kappa shape index (κ3) is 5.16. The Hall–Kier alpha value is -3.28. The lowest BCUT2D eigenvalue weighted by molar-refractivity contribution is 0.102. The highest BCUT2D eigenvalue weighted by molar-refractivity contribution is 6.04. The number of benzene rings is 2. The summed E-state index contributed by atoms with van der Waals surface area (Å²) >= 11 is 0. The molecule has 3 aromatic rings. The normalized spacial score (nSPS) is 10.8. The summed E-state index contributed by atoms with van der Waals surface area (Å²) in [6, 6.07) is 12.7. The van der Waals surface area contributed by atoms with E-state index in [4.69, 9.17) is 0 Å². The average molecular weight is 392 g/mol. The molecule has 1 amide bonds. The first-order valence-electron chi connectivity index (χ1n) is 9.66. The number of hydrogen-bond acceptors (Lipinski definition) is 4. The van der Waals surface area contributed by atoms with Crippen molar-refractivity contribution < 1.29 is 9.18 Å². The number of nitrogens with zero attached hydrogens (tertiary/aromatic N) is 2. The summed E-state index contributed by atoms with van der Waals surface area (Å²) in [7, 11) is 0. The molecule has 0 unspecified atom stereocenters. The molecule has 29 heavy (non-hydrogen) atoms. The van der Waals surface area contributed by atoms with E-state index in [0.29, 0.717) is 36.0 Å². The number of rotatable bonds is 7. The number of aryl methyl sites for hydroxylation is 1. The zero-order valence-corrected chi connectivity index (χ0v) is 16.9. The Morgan fingerprint density at radius 2 is 1.79 bits per heavy atom. The van der Waals surface area contributed by atoms with E-state index in [9.17, 15) is 9.18 Å². The lowest BCUT2D eigenvalue weighted by Gasteiger charge is -2.16. The van der Waals surface area contributed by atoms with E-state index in [2.05, 4.69) is 34.4 Å². The van der Waals surface area contributed by atoms with Crippen LogP contribution in [0.2, 0.25) is 0 Å². The molecule has 0 aliphatic rings. The van der Waals surface area contributed by atoms with Crippen molar-refractivity contribution >= 4 is 17.5 Å². The summed E-state index contributed by atoms with van der Waals surface area (Å²) in [4.78, 5) is 21.0. The molecule has 0 radical (unpaired) electrons. The summed E-state index contributed by atoms with van der Waals surface area (Å²) in [6.45, 7) is 6.65. The van der Waals surface area contributed by atoms with Crippen molar-refractivity contribution in [2.24, 2.45) is 0 Å². The first-order valence-corrected chi connectivity index (χ1v) is 9.66. The van der Waals surface area contributed by atoms with Gasteiger partial charge in [0.2, 0.25) is 5.95 Å². The predicted molar refractivity (Wildman–Crippen MR) is 114 cm³/mol. The molecule has 1 aromatic heterocycles. The smallest absolute Gasteiger partial charge is 0.258 e. The van der Waals surface area contributed by atoms with Crippen LogP contribution in [-0.4, -0.2) is 22.4 Å². The van der Waals surface area contributed by atoms with E-state index in [-0.39, 0.29) is 11.7 Å². The summed E-state index contributed by atoms with van der Waals surface area (Å²) in [5, 5.41) is 6.03. The van der Waals surface area contributed by atoms with Gasteiger partial charge in [-0.1, -0.05) is 50.2 Å². The van der Waals surface area contributed by atoms with Crippen molar-refractivity contribution in [3.8, 4) is 0 Å². The standard InChI is InChI=1S/C23H25FN4O/c1-15(2)19-9-6-7-16(3)21(19)28-22(29)18-13-26-23(27-14-18)25-12-11-17-8-4-5-10-20(17)24/h4-10,13-15H,11-12H2,1-3H3,(H,28,29)(H,25,26,27). The second kappa shape index (κ2) is 9.28. The van der Waals surface area contributed by atoms with Crippen LogP contribution in [0.25, 0.3) is 0 Å². The second-order valence-corrected chi connectivity index (χ2v) is 7.21. The minimum Gasteiger partial charge on any atom is -0.354 e. The first-order chi connectivity index (χ1) is 14.0. The van der Waals surface area contributed by atoms with E-state index in [1.807, 2.05) is 31.2 Å². The molecule has 0 aliphatic carbocycles. The molecular formula is C23H25FN4O. The Bertz CT molecular complexity index is 986. The van der Waals surface area contributed by atoms with E-state index >= 15 is 0 Å². The maximum atomic E-state index is 13.6. The molecule has 0 saturated carbocycles. The molecule has 0 bridgehead atoms. The molecule has 0 saturated heterocycles. The Labute approximate surface area is 170 Å². The summed E-state index contributed by atoms with van der Waals surface area (Å²) in [5.41, 5.74) is 3.94. The molecule has 2 N–H and O–H groups in total. The summed E-state index contributed by atoms with van der Waals surface area (Å²) in [6.07, 6.45) is 3.49. The van der Waals surface area contributed by atoms with Gasteiger partial charge in [0.25, 0.3) is 5.91 Å². The Morgan fingerprint density at radius 3 is 2.48 bits per heavy atom. The van der Waals surface area contributed by atoms with Gasteiger partial charge in [-0.3, -0.25) is 4.79 Å². The molecule has 0 aliphatic heterocycles. The number of aromatic nitrogens is 2. The molecule has 2 aromatic carbocycles. The van der Waals surface area contributed by atoms with Crippen LogP contribution in [0.3, 0.4) is 0 Å².